The number of benzene rings is 1. The summed E-state index contributed by atoms with van der Waals surface area (Å²) in [6.07, 6.45) is 3.70. The van der Waals surface area contributed by atoms with Gasteiger partial charge in [-0.05, 0) is 36.1 Å². The van der Waals surface area contributed by atoms with Crippen molar-refractivity contribution in [3.05, 3.63) is 66.0 Å². The molecular formula is C18H28N2. The average Bonchev–Trinajstić information content (AvgIpc) is 2.51. The van der Waals surface area contributed by atoms with Gasteiger partial charge in [-0.2, -0.15) is 0 Å². The van der Waals surface area contributed by atoms with Crippen molar-refractivity contribution in [2.24, 2.45) is 5.73 Å². The van der Waals surface area contributed by atoms with Gasteiger partial charge in [0.1, 0.15) is 0 Å². The minimum Gasteiger partial charge on any atom is -0.333 e. The Hall–Kier alpha value is -1.67. The van der Waals surface area contributed by atoms with E-state index in [0.29, 0.717) is 11.8 Å². The fourth-order valence-electron chi connectivity index (χ4n) is 1.56. The number of rotatable bonds is 2. The predicted octanol–water partition coefficient (Wildman–Crippen LogP) is 4.59. The van der Waals surface area contributed by atoms with Gasteiger partial charge >= 0.3 is 0 Å². The van der Waals surface area contributed by atoms with E-state index in [9.17, 15) is 0 Å². The summed E-state index contributed by atoms with van der Waals surface area (Å²) in [5.41, 5.74) is 7.22. The van der Waals surface area contributed by atoms with Crippen LogP contribution in [-0.4, -0.2) is 12.0 Å². The molecule has 2 heteroatoms. The minimum atomic E-state index is 0.596. The third-order valence-electron chi connectivity index (χ3n) is 2.82. The molecule has 0 aliphatic heterocycles. The lowest BCUT2D eigenvalue weighted by Crippen LogP contribution is -1.85. The number of nitrogens with two attached hydrogens (primary N) is 1. The summed E-state index contributed by atoms with van der Waals surface area (Å²) in [6.45, 7) is 8.73. The molecule has 1 heterocycles. The second kappa shape index (κ2) is 11.2. The van der Waals surface area contributed by atoms with Gasteiger partial charge in [0.05, 0.1) is 0 Å². The van der Waals surface area contributed by atoms with Crippen LogP contribution in [-0.2, 0) is 0 Å². The maximum absolute atomic E-state index is 4.50. The first kappa shape index (κ1) is 18.3. The number of hydrogen-bond donors (Lipinski definition) is 1. The van der Waals surface area contributed by atoms with E-state index in [1.54, 1.807) is 6.20 Å². The maximum Gasteiger partial charge on any atom is 0.0302 e. The van der Waals surface area contributed by atoms with Crippen LogP contribution in [0.3, 0.4) is 0 Å². The molecule has 0 saturated heterocycles. The molecule has 0 bridgehead atoms. The molecule has 2 N–H and O–H groups in total. The molecule has 0 aliphatic carbocycles. The molecule has 0 spiro atoms. The average molecular weight is 272 g/mol. The Morgan fingerprint density at radius 2 is 1.25 bits per heavy atom. The fraction of sp³-hybridized carbons (Fsp3) is 0.389. The Balaban J connectivity index is 0.000000321. The van der Waals surface area contributed by atoms with E-state index < -0.39 is 0 Å². The smallest absolute Gasteiger partial charge is 0.0302 e. The zero-order valence-corrected chi connectivity index (χ0v) is 13.4. The standard InChI is InChI=1S/C9H12.C8H11N.CH5N/c1-8(2)9-6-4-3-5-7-9;1-7(2)8-4-3-5-9-6-8;1-2/h3-8H,1-2H3;3-7H,1-2H3;2H2,1H3. The van der Waals surface area contributed by atoms with Crippen LogP contribution < -0.4 is 5.73 Å². The molecule has 0 atom stereocenters. The highest BCUT2D eigenvalue weighted by atomic mass is 14.6. The summed E-state index contributed by atoms with van der Waals surface area (Å²) < 4.78 is 0. The van der Waals surface area contributed by atoms with Crippen LogP contribution in [0.25, 0.3) is 0 Å². The summed E-state index contributed by atoms with van der Waals surface area (Å²) in [7, 11) is 1.50. The van der Waals surface area contributed by atoms with Crippen molar-refractivity contribution in [3.63, 3.8) is 0 Å². The normalized spacial score (nSPS) is 9.40. The highest BCUT2D eigenvalue weighted by Gasteiger charge is 1.94. The highest BCUT2D eigenvalue weighted by Crippen LogP contribution is 2.11. The molecule has 0 amide bonds. The lowest BCUT2D eigenvalue weighted by molar-refractivity contribution is 0.858. The Bertz CT molecular complexity index is 378. The van der Waals surface area contributed by atoms with Crippen molar-refractivity contribution in [2.45, 2.75) is 39.5 Å². The summed E-state index contributed by atoms with van der Waals surface area (Å²) in [6, 6.07) is 14.6. The zero-order chi connectivity index (χ0) is 15.4. The van der Waals surface area contributed by atoms with Crippen molar-refractivity contribution in [1.82, 2.24) is 4.98 Å². The number of aromatic nitrogens is 1. The Labute approximate surface area is 124 Å². The van der Waals surface area contributed by atoms with Crippen LogP contribution in [0.2, 0.25) is 0 Å². The van der Waals surface area contributed by atoms with Crippen molar-refractivity contribution in [3.8, 4) is 0 Å². The number of pyridine rings is 1. The van der Waals surface area contributed by atoms with Crippen molar-refractivity contribution < 1.29 is 0 Å². The van der Waals surface area contributed by atoms with Gasteiger partial charge in [-0.1, -0.05) is 64.1 Å². The van der Waals surface area contributed by atoms with E-state index in [0.717, 1.165) is 0 Å². The molecule has 1 aromatic heterocycles. The third kappa shape index (κ3) is 7.70. The maximum atomic E-state index is 4.50. The summed E-state index contributed by atoms with van der Waals surface area (Å²) in [4.78, 5) is 4.01. The minimum absolute atomic E-state index is 0.596. The van der Waals surface area contributed by atoms with E-state index in [1.165, 1.54) is 18.2 Å². The van der Waals surface area contributed by atoms with Gasteiger partial charge in [-0.25, -0.2) is 0 Å². The second-order valence-corrected chi connectivity index (χ2v) is 5.01. The molecule has 0 aliphatic rings. The lowest BCUT2D eigenvalue weighted by atomic mass is 10.0. The number of nitrogens with zero attached hydrogens (tertiary/aromatic N) is 1. The summed E-state index contributed by atoms with van der Waals surface area (Å²) >= 11 is 0. The lowest BCUT2D eigenvalue weighted by Gasteiger charge is -2.01. The van der Waals surface area contributed by atoms with Gasteiger partial charge in [-0.3, -0.25) is 4.98 Å². The molecule has 20 heavy (non-hydrogen) atoms. The Kier molecular flexibility index (Phi) is 10.2. The van der Waals surface area contributed by atoms with E-state index in [-0.39, 0.29) is 0 Å². The van der Waals surface area contributed by atoms with Crippen molar-refractivity contribution in [1.29, 1.82) is 0 Å². The largest absolute Gasteiger partial charge is 0.333 e. The predicted molar refractivity (Wildman–Crippen MR) is 89.0 cm³/mol. The molecule has 2 nitrogen and oxygen atoms in total. The van der Waals surface area contributed by atoms with Gasteiger partial charge in [0.2, 0.25) is 0 Å². The van der Waals surface area contributed by atoms with E-state index in [2.05, 4.69) is 68.7 Å². The van der Waals surface area contributed by atoms with E-state index >= 15 is 0 Å². The summed E-state index contributed by atoms with van der Waals surface area (Å²) in [5, 5.41) is 0. The Morgan fingerprint density at radius 1 is 0.750 bits per heavy atom. The molecule has 0 fully saturated rings. The van der Waals surface area contributed by atoms with E-state index in [4.69, 9.17) is 0 Å². The monoisotopic (exact) mass is 272 g/mol. The van der Waals surface area contributed by atoms with Crippen molar-refractivity contribution >= 4 is 0 Å². The van der Waals surface area contributed by atoms with Crippen LogP contribution in [0.4, 0.5) is 0 Å². The molecular weight excluding hydrogens is 244 g/mol. The Morgan fingerprint density at radius 3 is 1.55 bits per heavy atom. The highest BCUT2D eigenvalue weighted by molar-refractivity contribution is 5.17. The SMILES string of the molecule is CC(C)c1ccccc1.CC(C)c1cccnc1.CN. The van der Waals surface area contributed by atoms with Gasteiger partial charge in [-0.15, -0.1) is 0 Å². The summed E-state index contributed by atoms with van der Waals surface area (Å²) in [5.74, 6) is 1.25. The first-order valence-electron chi connectivity index (χ1n) is 7.14. The molecule has 2 rings (SSSR count). The van der Waals surface area contributed by atoms with E-state index in [1.807, 2.05) is 18.3 Å². The van der Waals surface area contributed by atoms with Crippen LogP contribution >= 0.6 is 0 Å². The van der Waals surface area contributed by atoms with Crippen molar-refractivity contribution in [2.75, 3.05) is 7.05 Å². The molecule has 2 aromatic rings. The van der Waals surface area contributed by atoms with Crippen LogP contribution in [0.1, 0.15) is 50.7 Å². The first-order chi connectivity index (χ1) is 9.61. The van der Waals surface area contributed by atoms with Crippen LogP contribution in [0.5, 0.6) is 0 Å². The van der Waals surface area contributed by atoms with Gasteiger partial charge in [0, 0.05) is 12.4 Å². The quantitative estimate of drug-likeness (QED) is 0.868. The van der Waals surface area contributed by atoms with Crippen LogP contribution in [0, 0.1) is 0 Å². The zero-order valence-electron chi connectivity index (χ0n) is 13.4. The molecule has 0 unspecified atom stereocenters. The van der Waals surface area contributed by atoms with Gasteiger partial charge in [0.15, 0.2) is 0 Å². The molecule has 1 aromatic carbocycles. The first-order valence-corrected chi connectivity index (χ1v) is 7.14. The topological polar surface area (TPSA) is 38.9 Å². The fourth-order valence-corrected chi connectivity index (χ4v) is 1.56. The van der Waals surface area contributed by atoms with Crippen LogP contribution in [0.15, 0.2) is 54.9 Å². The second-order valence-electron chi connectivity index (χ2n) is 5.01. The molecule has 0 saturated carbocycles. The third-order valence-corrected chi connectivity index (χ3v) is 2.82. The number of hydrogen-bond acceptors (Lipinski definition) is 2. The molecule has 110 valence electrons. The van der Waals surface area contributed by atoms with Gasteiger partial charge in [0.25, 0.3) is 0 Å². The van der Waals surface area contributed by atoms with Gasteiger partial charge < -0.3 is 5.73 Å². The molecule has 0 radical (unpaired) electrons.